The number of rotatable bonds is 5. The van der Waals surface area contributed by atoms with Gasteiger partial charge in [0.25, 0.3) is 0 Å². The van der Waals surface area contributed by atoms with E-state index in [9.17, 15) is 0 Å². The first-order valence-electron chi connectivity index (χ1n) is 19.2. The Kier molecular flexibility index (Phi) is 8.09. The van der Waals surface area contributed by atoms with E-state index in [4.69, 9.17) is 9.97 Å². The SMILES string of the molecule is Cc1nc(C)nc(-c2cc(-n3c4ccccc4c4ccc(-c5ccccc5C)cc43)c(C(F)(F)F)c(-n3c4ccccc4c4ccc(-c5ccccc5C)cc43)c2)n1. The molecular weight excluding hydrogens is 728 g/mol. The molecule has 0 amide bonds. The van der Waals surface area contributed by atoms with Gasteiger partial charge >= 0.3 is 6.18 Å². The number of benzene rings is 7. The Bertz CT molecular complexity index is 3070. The van der Waals surface area contributed by atoms with Crippen molar-refractivity contribution in [1.82, 2.24) is 24.1 Å². The maximum atomic E-state index is 16.5. The molecule has 5 nitrogen and oxygen atoms in total. The van der Waals surface area contributed by atoms with Gasteiger partial charge in [0, 0.05) is 27.1 Å². The minimum absolute atomic E-state index is 0.0233. The number of hydrogen-bond acceptors (Lipinski definition) is 3. The molecule has 7 aromatic carbocycles. The van der Waals surface area contributed by atoms with Gasteiger partial charge in [-0.25, -0.2) is 15.0 Å². The fourth-order valence-electron chi connectivity index (χ4n) is 8.72. The number of aromatic nitrogens is 5. The largest absolute Gasteiger partial charge is 0.420 e. The molecule has 0 aliphatic rings. The molecule has 0 N–H and O–H groups in total. The van der Waals surface area contributed by atoms with Crippen LogP contribution in [0.1, 0.15) is 28.3 Å². The normalized spacial score (nSPS) is 12.1. The summed E-state index contributed by atoms with van der Waals surface area (Å²) >= 11 is 0. The van der Waals surface area contributed by atoms with E-state index in [1.807, 2.05) is 135 Å². The zero-order valence-corrected chi connectivity index (χ0v) is 32.2. The molecule has 10 aromatic rings. The van der Waals surface area contributed by atoms with E-state index >= 15 is 13.2 Å². The molecular formula is C50H36F3N5. The van der Waals surface area contributed by atoms with Gasteiger partial charge in [-0.3, -0.25) is 0 Å². The van der Waals surface area contributed by atoms with Crippen molar-refractivity contribution >= 4 is 43.6 Å². The first kappa shape index (κ1) is 35.4. The zero-order chi connectivity index (χ0) is 39.9. The number of alkyl halides is 3. The second-order valence-corrected chi connectivity index (χ2v) is 14.9. The highest BCUT2D eigenvalue weighted by Gasteiger charge is 2.40. The molecule has 0 unspecified atom stereocenters. The van der Waals surface area contributed by atoms with Gasteiger partial charge in [-0.2, -0.15) is 13.2 Å². The monoisotopic (exact) mass is 763 g/mol. The molecule has 282 valence electrons. The summed E-state index contributed by atoms with van der Waals surface area (Å²) in [5, 5.41) is 3.39. The van der Waals surface area contributed by atoms with Crippen molar-refractivity contribution in [3.63, 3.8) is 0 Å². The lowest BCUT2D eigenvalue weighted by molar-refractivity contribution is -0.137. The highest BCUT2D eigenvalue weighted by molar-refractivity contribution is 6.12. The lowest BCUT2D eigenvalue weighted by Gasteiger charge is -2.23. The van der Waals surface area contributed by atoms with E-state index in [0.29, 0.717) is 45.1 Å². The van der Waals surface area contributed by atoms with Gasteiger partial charge in [-0.1, -0.05) is 109 Å². The van der Waals surface area contributed by atoms with Crippen LogP contribution in [0, 0.1) is 27.7 Å². The van der Waals surface area contributed by atoms with Crippen LogP contribution in [0.2, 0.25) is 0 Å². The molecule has 0 saturated carbocycles. The van der Waals surface area contributed by atoms with Crippen LogP contribution in [-0.2, 0) is 6.18 Å². The molecule has 0 aliphatic carbocycles. The Morgan fingerprint density at radius 2 is 0.828 bits per heavy atom. The second kappa shape index (κ2) is 13.3. The van der Waals surface area contributed by atoms with E-state index in [-0.39, 0.29) is 11.4 Å². The van der Waals surface area contributed by atoms with Crippen LogP contribution in [0.3, 0.4) is 0 Å². The average Bonchev–Trinajstić information content (AvgIpc) is 3.72. The Hall–Kier alpha value is -7.06. The smallest absolute Gasteiger partial charge is 0.309 e. The van der Waals surface area contributed by atoms with Crippen molar-refractivity contribution in [2.45, 2.75) is 33.9 Å². The number of nitrogens with zero attached hydrogens (tertiary/aromatic N) is 5. The molecule has 0 aliphatic heterocycles. The van der Waals surface area contributed by atoms with Gasteiger partial charge < -0.3 is 9.13 Å². The van der Waals surface area contributed by atoms with Gasteiger partial charge in [-0.05, 0) is 97.5 Å². The molecule has 0 saturated heterocycles. The molecule has 8 heteroatoms. The number of halogens is 3. The molecule has 0 spiro atoms. The number of fused-ring (bicyclic) bond motifs is 6. The van der Waals surface area contributed by atoms with Crippen molar-refractivity contribution in [2.24, 2.45) is 0 Å². The Labute approximate surface area is 332 Å². The third-order valence-electron chi connectivity index (χ3n) is 11.2. The fraction of sp³-hybridized carbons (Fsp3) is 0.100. The van der Waals surface area contributed by atoms with Crippen LogP contribution in [-0.4, -0.2) is 24.1 Å². The van der Waals surface area contributed by atoms with E-state index in [0.717, 1.165) is 54.9 Å². The highest BCUT2D eigenvalue weighted by atomic mass is 19.4. The molecule has 3 aromatic heterocycles. The van der Waals surface area contributed by atoms with Gasteiger partial charge in [0.2, 0.25) is 0 Å². The molecule has 58 heavy (non-hydrogen) atoms. The van der Waals surface area contributed by atoms with E-state index in [1.165, 1.54) is 0 Å². The standard InChI is InChI=1S/C50H36F3N5/c1-29-13-5-7-15-36(29)33-21-23-40-38-17-9-11-19-42(38)57(44(40)25-33)46-27-35(49-55-31(3)54-32(4)56-49)28-47(48(46)50(51,52)53)58-43-20-12-10-18-39(43)41-24-22-34(26-45(41)58)37-16-8-6-14-30(37)2/h5-28H,1-4H3. The van der Waals surface area contributed by atoms with Crippen molar-refractivity contribution < 1.29 is 13.2 Å². The zero-order valence-electron chi connectivity index (χ0n) is 32.2. The summed E-state index contributed by atoms with van der Waals surface area (Å²) in [5.41, 5.74) is 8.22. The molecule has 10 rings (SSSR count). The Morgan fingerprint density at radius 3 is 1.28 bits per heavy atom. The third kappa shape index (κ3) is 5.66. The Balaban J connectivity index is 1.39. The first-order valence-corrected chi connectivity index (χ1v) is 19.2. The average molecular weight is 764 g/mol. The van der Waals surface area contributed by atoms with Gasteiger partial charge in [-0.15, -0.1) is 0 Å². The third-order valence-corrected chi connectivity index (χ3v) is 11.2. The summed E-state index contributed by atoms with van der Waals surface area (Å²) in [6, 6.07) is 46.8. The van der Waals surface area contributed by atoms with Crippen LogP contribution in [0.25, 0.3) is 88.6 Å². The first-order chi connectivity index (χ1) is 28.0. The van der Waals surface area contributed by atoms with Crippen molar-refractivity contribution in [1.29, 1.82) is 0 Å². The predicted octanol–water partition coefficient (Wildman–Crippen LogP) is 13.3. The van der Waals surface area contributed by atoms with Gasteiger partial charge in [0.15, 0.2) is 5.82 Å². The quantitative estimate of drug-likeness (QED) is 0.175. The molecule has 0 radical (unpaired) electrons. The fourth-order valence-corrected chi connectivity index (χ4v) is 8.72. The van der Waals surface area contributed by atoms with Crippen molar-refractivity contribution in [3.8, 4) is 45.0 Å². The van der Waals surface area contributed by atoms with Crippen LogP contribution < -0.4 is 0 Å². The van der Waals surface area contributed by atoms with Crippen molar-refractivity contribution in [3.05, 3.63) is 174 Å². The molecule has 0 atom stereocenters. The molecule has 0 fully saturated rings. The topological polar surface area (TPSA) is 48.5 Å². The predicted molar refractivity (Wildman–Crippen MR) is 229 cm³/mol. The minimum atomic E-state index is -4.80. The van der Waals surface area contributed by atoms with E-state index in [2.05, 4.69) is 17.1 Å². The lowest BCUT2D eigenvalue weighted by atomic mass is 9.99. The van der Waals surface area contributed by atoms with Gasteiger partial charge in [0.05, 0.1) is 33.4 Å². The van der Waals surface area contributed by atoms with Crippen LogP contribution in [0.5, 0.6) is 0 Å². The number of para-hydroxylation sites is 2. The summed E-state index contributed by atoms with van der Waals surface area (Å²) in [6.45, 7) is 7.62. The van der Waals surface area contributed by atoms with E-state index in [1.54, 1.807) is 35.1 Å². The maximum absolute atomic E-state index is 16.5. The number of hydrogen-bond donors (Lipinski definition) is 0. The highest BCUT2D eigenvalue weighted by Crippen LogP contribution is 2.46. The second-order valence-electron chi connectivity index (χ2n) is 14.9. The summed E-state index contributed by atoms with van der Waals surface area (Å²) < 4.78 is 53.0. The summed E-state index contributed by atoms with van der Waals surface area (Å²) in [7, 11) is 0. The van der Waals surface area contributed by atoms with Crippen molar-refractivity contribution in [2.75, 3.05) is 0 Å². The maximum Gasteiger partial charge on any atom is 0.420 e. The number of aryl methyl sites for hydroxylation is 4. The van der Waals surface area contributed by atoms with Crippen LogP contribution >= 0.6 is 0 Å². The van der Waals surface area contributed by atoms with Gasteiger partial charge in [0.1, 0.15) is 17.2 Å². The van der Waals surface area contributed by atoms with E-state index < -0.39 is 11.7 Å². The summed E-state index contributed by atoms with van der Waals surface area (Å²) in [5.74, 6) is 1.25. The molecule has 3 heterocycles. The Morgan fingerprint density at radius 1 is 0.414 bits per heavy atom. The summed E-state index contributed by atoms with van der Waals surface area (Å²) in [6.07, 6.45) is -4.80. The lowest BCUT2D eigenvalue weighted by Crippen LogP contribution is -2.16. The van der Waals surface area contributed by atoms with Crippen LogP contribution in [0.4, 0.5) is 13.2 Å². The molecule has 0 bridgehead atoms. The summed E-state index contributed by atoms with van der Waals surface area (Å²) in [4.78, 5) is 13.8. The van der Waals surface area contributed by atoms with Crippen LogP contribution in [0.15, 0.2) is 146 Å². The minimum Gasteiger partial charge on any atom is -0.309 e.